The maximum absolute atomic E-state index is 13.0. The smallest absolute Gasteiger partial charge is 0.258 e. The first-order chi connectivity index (χ1) is 13.3. The molecule has 2 heterocycles. The normalized spacial score (nSPS) is 24.4. The van der Waals surface area contributed by atoms with Crippen LogP contribution in [0.4, 0.5) is 5.69 Å². The molecule has 5 heteroatoms. The molecule has 140 valence electrons. The third-order valence-electron chi connectivity index (χ3n) is 5.56. The fraction of sp³-hybridized carbons (Fsp3) is 0.409. The molecule has 2 atom stereocenters. The predicted octanol–water partition coefficient (Wildman–Crippen LogP) is 3.97. The van der Waals surface area contributed by atoms with Crippen LogP contribution in [0.25, 0.3) is 0 Å². The SMILES string of the molecule is O=C1c2ccccc2N[C@@H](c2ccc(OC[C@@H]3CCCO3)cc2)N1C1CC1. The summed E-state index contributed by atoms with van der Waals surface area (Å²) >= 11 is 0. The maximum atomic E-state index is 13.0. The van der Waals surface area contributed by atoms with Crippen molar-refractivity contribution in [1.82, 2.24) is 4.90 Å². The van der Waals surface area contributed by atoms with Crippen molar-refractivity contribution in [3.63, 3.8) is 0 Å². The number of para-hydroxylation sites is 1. The van der Waals surface area contributed by atoms with Crippen LogP contribution in [0.1, 0.15) is 47.8 Å². The van der Waals surface area contributed by atoms with E-state index >= 15 is 0 Å². The molecule has 5 nitrogen and oxygen atoms in total. The molecule has 1 amide bonds. The number of hydrogen-bond donors (Lipinski definition) is 1. The van der Waals surface area contributed by atoms with Gasteiger partial charge < -0.3 is 19.7 Å². The molecular weight excluding hydrogens is 340 g/mol. The Morgan fingerprint density at radius 2 is 1.89 bits per heavy atom. The average molecular weight is 364 g/mol. The third-order valence-corrected chi connectivity index (χ3v) is 5.56. The minimum atomic E-state index is -0.132. The van der Waals surface area contributed by atoms with Gasteiger partial charge in [-0.05, 0) is 55.5 Å². The summed E-state index contributed by atoms with van der Waals surface area (Å²) < 4.78 is 11.5. The Bertz CT molecular complexity index is 826. The first-order valence-electron chi connectivity index (χ1n) is 9.82. The number of hydrogen-bond acceptors (Lipinski definition) is 4. The van der Waals surface area contributed by atoms with Gasteiger partial charge in [0.2, 0.25) is 0 Å². The van der Waals surface area contributed by atoms with Gasteiger partial charge in [-0.25, -0.2) is 0 Å². The van der Waals surface area contributed by atoms with Crippen molar-refractivity contribution < 1.29 is 14.3 Å². The van der Waals surface area contributed by atoms with Crippen molar-refractivity contribution in [2.24, 2.45) is 0 Å². The van der Waals surface area contributed by atoms with Gasteiger partial charge in [0.15, 0.2) is 0 Å². The van der Waals surface area contributed by atoms with E-state index in [-0.39, 0.29) is 18.2 Å². The molecule has 0 spiro atoms. The van der Waals surface area contributed by atoms with Crippen LogP contribution in [0.15, 0.2) is 48.5 Å². The lowest BCUT2D eigenvalue weighted by Gasteiger charge is -2.38. The highest BCUT2D eigenvalue weighted by Crippen LogP contribution is 2.40. The van der Waals surface area contributed by atoms with Gasteiger partial charge in [0.1, 0.15) is 18.5 Å². The zero-order valence-corrected chi connectivity index (χ0v) is 15.3. The van der Waals surface area contributed by atoms with Crippen LogP contribution in [0.2, 0.25) is 0 Å². The van der Waals surface area contributed by atoms with Crippen molar-refractivity contribution in [1.29, 1.82) is 0 Å². The highest BCUT2D eigenvalue weighted by molar-refractivity contribution is 6.02. The lowest BCUT2D eigenvalue weighted by molar-refractivity contribution is 0.0663. The van der Waals surface area contributed by atoms with Crippen LogP contribution in [0, 0.1) is 0 Å². The van der Waals surface area contributed by atoms with Crippen LogP contribution in [0.3, 0.4) is 0 Å². The molecule has 2 aliphatic heterocycles. The Hall–Kier alpha value is -2.53. The minimum Gasteiger partial charge on any atom is -0.491 e. The molecule has 2 aromatic carbocycles. The van der Waals surface area contributed by atoms with Crippen LogP contribution < -0.4 is 10.1 Å². The Kier molecular flexibility index (Phi) is 4.24. The van der Waals surface area contributed by atoms with Gasteiger partial charge in [-0.15, -0.1) is 0 Å². The molecule has 0 unspecified atom stereocenters. The molecule has 1 aliphatic carbocycles. The molecule has 3 aliphatic rings. The quantitative estimate of drug-likeness (QED) is 0.872. The number of amides is 1. The number of nitrogens with zero attached hydrogens (tertiary/aromatic N) is 1. The molecule has 0 aromatic heterocycles. The number of carbonyl (C=O) groups excluding carboxylic acids is 1. The fourth-order valence-electron chi connectivity index (χ4n) is 3.95. The predicted molar refractivity (Wildman–Crippen MR) is 103 cm³/mol. The van der Waals surface area contributed by atoms with Crippen LogP contribution in [-0.2, 0) is 4.74 Å². The average Bonchev–Trinajstić information content (AvgIpc) is 3.40. The summed E-state index contributed by atoms with van der Waals surface area (Å²) in [6.45, 7) is 1.44. The Balaban J connectivity index is 1.35. The maximum Gasteiger partial charge on any atom is 0.258 e. The zero-order valence-electron chi connectivity index (χ0n) is 15.3. The molecular formula is C22H24N2O3. The van der Waals surface area contributed by atoms with Crippen molar-refractivity contribution >= 4 is 11.6 Å². The van der Waals surface area contributed by atoms with Crippen LogP contribution >= 0.6 is 0 Å². The summed E-state index contributed by atoms with van der Waals surface area (Å²) in [5.41, 5.74) is 2.74. The summed E-state index contributed by atoms with van der Waals surface area (Å²) in [6.07, 6.45) is 4.43. The van der Waals surface area contributed by atoms with E-state index in [9.17, 15) is 4.79 Å². The molecule has 1 N–H and O–H groups in total. The van der Waals surface area contributed by atoms with Crippen molar-refractivity contribution in [2.75, 3.05) is 18.5 Å². The molecule has 1 saturated carbocycles. The zero-order chi connectivity index (χ0) is 18.2. The highest BCUT2D eigenvalue weighted by Gasteiger charge is 2.41. The van der Waals surface area contributed by atoms with E-state index in [0.717, 1.165) is 54.9 Å². The number of carbonyl (C=O) groups is 1. The third kappa shape index (κ3) is 3.28. The van der Waals surface area contributed by atoms with E-state index < -0.39 is 0 Å². The molecule has 2 aromatic rings. The summed E-state index contributed by atoms with van der Waals surface area (Å²) in [6, 6.07) is 16.2. The topological polar surface area (TPSA) is 50.8 Å². The monoisotopic (exact) mass is 364 g/mol. The van der Waals surface area contributed by atoms with Crippen LogP contribution in [-0.4, -0.2) is 36.2 Å². The van der Waals surface area contributed by atoms with E-state index in [2.05, 4.69) is 17.4 Å². The van der Waals surface area contributed by atoms with E-state index in [1.807, 2.05) is 41.3 Å². The van der Waals surface area contributed by atoms with Gasteiger partial charge in [0.05, 0.1) is 11.7 Å². The molecule has 0 bridgehead atoms. The second kappa shape index (κ2) is 6.89. The number of fused-ring (bicyclic) bond motifs is 1. The molecule has 5 rings (SSSR count). The Morgan fingerprint density at radius 1 is 1.07 bits per heavy atom. The molecule has 0 radical (unpaired) electrons. The van der Waals surface area contributed by atoms with E-state index in [4.69, 9.17) is 9.47 Å². The lowest BCUT2D eigenvalue weighted by Crippen LogP contribution is -2.44. The summed E-state index contributed by atoms with van der Waals surface area (Å²) in [4.78, 5) is 15.1. The number of rotatable bonds is 5. The highest BCUT2D eigenvalue weighted by atomic mass is 16.5. The second-order valence-corrected chi connectivity index (χ2v) is 7.55. The van der Waals surface area contributed by atoms with Gasteiger partial charge in [-0.2, -0.15) is 0 Å². The summed E-state index contributed by atoms with van der Waals surface area (Å²) in [7, 11) is 0. The lowest BCUT2D eigenvalue weighted by atomic mass is 10.0. The number of nitrogens with one attached hydrogen (secondary N) is 1. The fourth-order valence-corrected chi connectivity index (χ4v) is 3.95. The summed E-state index contributed by atoms with van der Waals surface area (Å²) in [5, 5.41) is 3.56. The molecule has 27 heavy (non-hydrogen) atoms. The first-order valence-corrected chi connectivity index (χ1v) is 9.82. The molecule has 2 fully saturated rings. The van der Waals surface area contributed by atoms with Gasteiger partial charge in [-0.3, -0.25) is 4.79 Å². The standard InChI is InChI=1S/C22H24N2O3/c25-22-19-5-1-2-6-20(19)23-21(24(22)16-9-10-16)15-7-11-17(12-8-15)27-14-18-4-3-13-26-18/h1-2,5-8,11-12,16,18,21,23H,3-4,9-10,13-14H2/t18-,21+/m0/s1. The second-order valence-electron chi connectivity index (χ2n) is 7.55. The van der Waals surface area contributed by atoms with Crippen molar-refractivity contribution in [3.8, 4) is 5.75 Å². The van der Waals surface area contributed by atoms with Crippen molar-refractivity contribution in [3.05, 3.63) is 59.7 Å². The van der Waals surface area contributed by atoms with Gasteiger partial charge in [0, 0.05) is 18.3 Å². The Labute approximate surface area is 159 Å². The first kappa shape index (κ1) is 16.6. The van der Waals surface area contributed by atoms with E-state index in [1.165, 1.54) is 0 Å². The molecule has 1 saturated heterocycles. The number of anilines is 1. The van der Waals surface area contributed by atoms with Gasteiger partial charge >= 0.3 is 0 Å². The largest absolute Gasteiger partial charge is 0.491 e. The number of benzene rings is 2. The summed E-state index contributed by atoms with van der Waals surface area (Å²) in [5.74, 6) is 0.963. The van der Waals surface area contributed by atoms with Gasteiger partial charge in [0.25, 0.3) is 5.91 Å². The minimum absolute atomic E-state index is 0.121. The van der Waals surface area contributed by atoms with Gasteiger partial charge in [-0.1, -0.05) is 24.3 Å². The van der Waals surface area contributed by atoms with E-state index in [0.29, 0.717) is 12.6 Å². The van der Waals surface area contributed by atoms with Crippen molar-refractivity contribution in [2.45, 2.75) is 44.0 Å². The Morgan fingerprint density at radius 3 is 2.63 bits per heavy atom. The number of ether oxygens (including phenoxy) is 2. The van der Waals surface area contributed by atoms with E-state index in [1.54, 1.807) is 0 Å². The van der Waals surface area contributed by atoms with Crippen LogP contribution in [0.5, 0.6) is 5.75 Å².